The molecular formula is C19H19ClFNO3S. The summed E-state index contributed by atoms with van der Waals surface area (Å²) >= 11 is 7.59. The summed E-state index contributed by atoms with van der Waals surface area (Å²) in [5, 5.41) is 12.1. The molecule has 0 saturated carbocycles. The van der Waals surface area contributed by atoms with E-state index in [1.807, 2.05) is 12.1 Å². The molecule has 2 aromatic carbocycles. The van der Waals surface area contributed by atoms with E-state index in [1.165, 1.54) is 30.1 Å². The van der Waals surface area contributed by atoms with Crippen molar-refractivity contribution in [1.29, 1.82) is 0 Å². The Labute approximate surface area is 160 Å². The second-order valence-electron chi connectivity index (χ2n) is 6.02. The van der Waals surface area contributed by atoms with Crippen LogP contribution in [0.2, 0.25) is 5.02 Å². The van der Waals surface area contributed by atoms with Crippen LogP contribution in [0.3, 0.4) is 0 Å². The number of hydrogen-bond donors (Lipinski definition) is 1. The zero-order valence-corrected chi connectivity index (χ0v) is 15.8. The number of methoxy groups -OCH3 is 1. The van der Waals surface area contributed by atoms with Gasteiger partial charge in [-0.05, 0) is 35.9 Å². The van der Waals surface area contributed by atoms with Crippen LogP contribution in [-0.2, 0) is 15.1 Å². The van der Waals surface area contributed by atoms with Crippen LogP contribution in [0.5, 0.6) is 0 Å². The van der Waals surface area contributed by atoms with Gasteiger partial charge in [-0.3, -0.25) is 0 Å². The monoisotopic (exact) mass is 395 g/mol. The van der Waals surface area contributed by atoms with Gasteiger partial charge in [-0.25, -0.2) is 4.39 Å². The van der Waals surface area contributed by atoms with Gasteiger partial charge in [0.05, 0.1) is 16.8 Å². The van der Waals surface area contributed by atoms with Gasteiger partial charge in [0.15, 0.2) is 0 Å². The molecule has 0 aromatic heterocycles. The summed E-state index contributed by atoms with van der Waals surface area (Å²) in [6.07, 6.45) is 2.65. The lowest BCUT2D eigenvalue weighted by Crippen LogP contribution is -2.35. The highest BCUT2D eigenvalue weighted by Gasteiger charge is 2.35. The fourth-order valence-corrected chi connectivity index (χ4v) is 4.31. The normalized spacial score (nSPS) is 16.9. The van der Waals surface area contributed by atoms with Crippen LogP contribution in [-0.4, -0.2) is 31.7 Å². The van der Waals surface area contributed by atoms with Crippen LogP contribution in [0.25, 0.3) is 0 Å². The Hall–Kier alpha value is -1.60. The van der Waals surface area contributed by atoms with Crippen molar-refractivity contribution in [2.45, 2.75) is 28.2 Å². The first kappa shape index (κ1) is 19.2. The average molecular weight is 396 g/mol. The van der Waals surface area contributed by atoms with E-state index in [0.29, 0.717) is 36.6 Å². The zero-order chi connectivity index (χ0) is 18.6. The van der Waals surface area contributed by atoms with Crippen LogP contribution in [0.15, 0.2) is 51.3 Å². The molecule has 1 aliphatic rings. The van der Waals surface area contributed by atoms with E-state index in [-0.39, 0.29) is 5.82 Å². The number of rotatable bonds is 5. The Bertz CT molecular complexity index is 809. The molecule has 7 heteroatoms. The van der Waals surface area contributed by atoms with Crippen molar-refractivity contribution in [3.8, 4) is 0 Å². The minimum absolute atomic E-state index is 0.303. The molecule has 0 unspecified atom stereocenters. The fourth-order valence-electron chi connectivity index (χ4n) is 3.07. The van der Waals surface area contributed by atoms with Crippen molar-refractivity contribution in [3.63, 3.8) is 0 Å². The SMILES string of the molecule is COC1(c2cc(F)cc(Sc3ccc(C=NO)c(Cl)c3)c2)CCOCC1. The topological polar surface area (TPSA) is 51.0 Å². The minimum Gasteiger partial charge on any atom is -0.411 e. The summed E-state index contributed by atoms with van der Waals surface area (Å²) in [6, 6.07) is 10.3. The predicted molar refractivity (Wildman–Crippen MR) is 100 cm³/mol. The maximum atomic E-state index is 14.3. The number of hydrogen-bond acceptors (Lipinski definition) is 5. The first-order chi connectivity index (χ1) is 12.6. The van der Waals surface area contributed by atoms with Gasteiger partial charge in [0.2, 0.25) is 0 Å². The number of benzene rings is 2. The average Bonchev–Trinajstić information content (AvgIpc) is 2.64. The highest BCUT2D eigenvalue weighted by molar-refractivity contribution is 7.99. The largest absolute Gasteiger partial charge is 0.411 e. The van der Waals surface area contributed by atoms with Gasteiger partial charge >= 0.3 is 0 Å². The lowest BCUT2D eigenvalue weighted by molar-refractivity contribution is -0.0950. The second-order valence-corrected chi connectivity index (χ2v) is 7.57. The molecule has 0 spiro atoms. The number of nitrogens with zero attached hydrogens (tertiary/aromatic N) is 1. The van der Waals surface area contributed by atoms with Crippen LogP contribution in [0.4, 0.5) is 4.39 Å². The number of oxime groups is 1. The lowest BCUT2D eigenvalue weighted by atomic mass is 9.86. The smallest absolute Gasteiger partial charge is 0.124 e. The van der Waals surface area contributed by atoms with Crippen LogP contribution < -0.4 is 0 Å². The van der Waals surface area contributed by atoms with E-state index in [9.17, 15) is 4.39 Å². The zero-order valence-electron chi connectivity index (χ0n) is 14.2. The molecule has 0 atom stereocenters. The molecule has 1 saturated heterocycles. The quantitative estimate of drug-likeness (QED) is 0.435. The Morgan fingerprint density at radius 2 is 2.00 bits per heavy atom. The first-order valence-corrected chi connectivity index (χ1v) is 9.34. The van der Waals surface area contributed by atoms with Gasteiger partial charge in [0.25, 0.3) is 0 Å². The second kappa shape index (κ2) is 8.39. The summed E-state index contributed by atoms with van der Waals surface area (Å²) in [4.78, 5) is 1.63. The maximum Gasteiger partial charge on any atom is 0.124 e. The molecule has 2 aromatic rings. The summed E-state index contributed by atoms with van der Waals surface area (Å²) in [5.74, 6) is -0.303. The summed E-state index contributed by atoms with van der Waals surface area (Å²) in [6.45, 7) is 1.19. The Kier molecular flexibility index (Phi) is 6.19. The Balaban J connectivity index is 1.89. The minimum atomic E-state index is -0.519. The van der Waals surface area contributed by atoms with Crippen LogP contribution in [0.1, 0.15) is 24.0 Å². The van der Waals surface area contributed by atoms with Crippen molar-refractivity contribution in [2.75, 3.05) is 20.3 Å². The molecule has 0 radical (unpaired) electrons. The lowest BCUT2D eigenvalue weighted by Gasteiger charge is -2.36. The van der Waals surface area contributed by atoms with Gasteiger partial charge in [0, 0.05) is 48.5 Å². The predicted octanol–water partition coefficient (Wildman–Crippen LogP) is 5.09. The molecule has 0 bridgehead atoms. The van der Waals surface area contributed by atoms with Crippen molar-refractivity contribution in [1.82, 2.24) is 0 Å². The van der Waals surface area contributed by atoms with E-state index in [0.717, 1.165) is 15.4 Å². The van der Waals surface area contributed by atoms with E-state index < -0.39 is 5.60 Å². The molecule has 1 heterocycles. The van der Waals surface area contributed by atoms with Crippen molar-refractivity contribution >= 4 is 29.6 Å². The summed E-state index contributed by atoms with van der Waals surface area (Å²) in [5.41, 5.74) is 0.911. The van der Waals surface area contributed by atoms with Crippen molar-refractivity contribution in [2.24, 2.45) is 5.16 Å². The Morgan fingerprint density at radius 3 is 2.65 bits per heavy atom. The standard InChI is InChI=1S/C19H19ClFNO3S/c1-24-19(4-6-25-7-5-19)14-8-15(21)10-17(9-14)26-16-3-2-13(12-22-23)18(20)11-16/h2-3,8-12,23H,4-7H2,1H3. The van der Waals surface area contributed by atoms with E-state index in [1.54, 1.807) is 19.2 Å². The Morgan fingerprint density at radius 1 is 1.23 bits per heavy atom. The van der Waals surface area contributed by atoms with Gasteiger partial charge in [-0.2, -0.15) is 0 Å². The van der Waals surface area contributed by atoms with E-state index >= 15 is 0 Å². The van der Waals surface area contributed by atoms with Crippen molar-refractivity contribution < 1.29 is 19.1 Å². The number of ether oxygens (including phenoxy) is 2. The molecule has 1 N–H and O–H groups in total. The van der Waals surface area contributed by atoms with Crippen LogP contribution in [0, 0.1) is 5.82 Å². The first-order valence-electron chi connectivity index (χ1n) is 8.15. The van der Waals surface area contributed by atoms with Crippen LogP contribution >= 0.6 is 23.4 Å². The van der Waals surface area contributed by atoms with Gasteiger partial charge in [-0.15, -0.1) is 0 Å². The molecule has 138 valence electrons. The molecular weight excluding hydrogens is 377 g/mol. The van der Waals surface area contributed by atoms with Gasteiger partial charge in [0.1, 0.15) is 5.82 Å². The fraction of sp³-hybridized carbons (Fsp3) is 0.316. The highest BCUT2D eigenvalue weighted by Crippen LogP contribution is 2.39. The third-order valence-electron chi connectivity index (χ3n) is 4.49. The molecule has 1 fully saturated rings. The molecule has 0 amide bonds. The maximum absolute atomic E-state index is 14.3. The van der Waals surface area contributed by atoms with E-state index in [4.69, 9.17) is 26.3 Å². The van der Waals surface area contributed by atoms with Gasteiger partial charge in [-0.1, -0.05) is 34.6 Å². The highest BCUT2D eigenvalue weighted by atomic mass is 35.5. The molecule has 26 heavy (non-hydrogen) atoms. The number of halogens is 2. The van der Waals surface area contributed by atoms with Crippen molar-refractivity contribution in [3.05, 3.63) is 58.4 Å². The van der Waals surface area contributed by atoms with Gasteiger partial charge < -0.3 is 14.7 Å². The summed E-state index contributed by atoms with van der Waals surface area (Å²) < 4.78 is 25.5. The summed E-state index contributed by atoms with van der Waals surface area (Å²) in [7, 11) is 1.66. The molecule has 1 aliphatic heterocycles. The van der Waals surface area contributed by atoms with E-state index in [2.05, 4.69) is 5.16 Å². The third-order valence-corrected chi connectivity index (χ3v) is 5.78. The molecule has 4 nitrogen and oxygen atoms in total. The molecule has 3 rings (SSSR count). The molecule has 0 aliphatic carbocycles. The third kappa shape index (κ3) is 4.20.